The number of fused-ring (bicyclic) bond motifs is 3. The van der Waals surface area contributed by atoms with Gasteiger partial charge in [0.05, 0.1) is 6.20 Å². The summed E-state index contributed by atoms with van der Waals surface area (Å²) in [6, 6.07) is 26.9. The lowest BCUT2D eigenvalue weighted by Gasteiger charge is -2.25. The third kappa shape index (κ3) is 3.85. The van der Waals surface area contributed by atoms with Gasteiger partial charge in [-0.3, -0.25) is 4.98 Å². The van der Waals surface area contributed by atoms with Gasteiger partial charge in [-0.2, -0.15) is 0 Å². The standard InChI is InChI=1S/C30H24N2O/c1-3-5-14-24(4-2)32(25-15-10-7-11-16-25)28-21-31-20-27-26-19-23(22-12-8-6-9-13-22)17-18-29(26)33-30(27)28/h3-21H,2H2,1H3/b5-3-,24-14+. The molecule has 33 heavy (non-hydrogen) atoms. The predicted octanol–water partition coefficient (Wildman–Crippen LogP) is 8.43. The van der Waals surface area contributed by atoms with Gasteiger partial charge >= 0.3 is 0 Å². The van der Waals surface area contributed by atoms with Gasteiger partial charge in [-0.15, -0.1) is 0 Å². The predicted molar refractivity (Wildman–Crippen MR) is 139 cm³/mol. The molecule has 0 spiro atoms. The molecule has 0 amide bonds. The number of benzene rings is 3. The minimum absolute atomic E-state index is 0.794. The second-order valence-electron chi connectivity index (χ2n) is 7.71. The van der Waals surface area contributed by atoms with E-state index in [1.54, 1.807) is 0 Å². The maximum absolute atomic E-state index is 6.41. The molecule has 3 aromatic carbocycles. The Morgan fingerprint density at radius 3 is 2.36 bits per heavy atom. The fraction of sp³-hybridized carbons (Fsp3) is 0.0333. The van der Waals surface area contributed by atoms with Gasteiger partial charge in [0.25, 0.3) is 0 Å². The van der Waals surface area contributed by atoms with Gasteiger partial charge in [0.1, 0.15) is 11.3 Å². The molecular weight excluding hydrogens is 404 g/mol. The Bertz CT molecular complexity index is 1480. The average Bonchev–Trinajstić information content (AvgIpc) is 3.26. The number of para-hydroxylation sites is 1. The lowest BCUT2D eigenvalue weighted by atomic mass is 10.0. The number of furan rings is 1. The van der Waals surface area contributed by atoms with E-state index in [0.29, 0.717) is 0 Å². The Kier molecular flexibility index (Phi) is 5.61. The second kappa shape index (κ2) is 9.01. The van der Waals surface area contributed by atoms with Crippen LogP contribution in [0.5, 0.6) is 0 Å². The van der Waals surface area contributed by atoms with E-state index in [9.17, 15) is 0 Å². The summed E-state index contributed by atoms with van der Waals surface area (Å²) in [5.74, 6) is 0. The van der Waals surface area contributed by atoms with Crippen LogP contribution in [0.1, 0.15) is 6.92 Å². The number of aromatic nitrogens is 1. The first-order valence-corrected chi connectivity index (χ1v) is 11.0. The summed E-state index contributed by atoms with van der Waals surface area (Å²) in [6.45, 7) is 6.05. The molecule has 0 unspecified atom stereocenters. The van der Waals surface area contributed by atoms with Crippen molar-refractivity contribution < 1.29 is 4.42 Å². The molecule has 3 nitrogen and oxygen atoms in total. The smallest absolute Gasteiger partial charge is 0.162 e. The number of hydrogen-bond acceptors (Lipinski definition) is 3. The fourth-order valence-corrected chi connectivity index (χ4v) is 4.08. The van der Waals surface area contributed by atoms with Crippen LogP contribution in [0.2, 0.25) is 0 Å². The summed E-state index contributed by atoms with van der Waals surface area (Å²) in [4.78, 5) is 6.73. The van der Waals surface area contributed by atoms with Crippen molar-refractivity contribution in [3.8, 4) is 11.1 Å². The summed E-state index contributed by atoms with van der Waals surface area (Å²) >= 11 is 0. The van der Waals surface area contributed by atoms with Crippen LogP contribution in [0.4, 0.5) is 11.4 Å². The van der Waals surface area contributed by atoms with Crippen molar-refractivity contribution in [3.05, 3.63) is 128 Å². The second-order valence-corrected chi connectivity index (χ2v) is 7.71. The number of pyridine rings is 1. The highest BCUT2D eigenvalue weighted by Crippen LogP contribution is 2.40. The van der Waals surface area contributed by atoms with Crippen LogP contribution in [-0.4, -0.2) is 4.98 Å². The van der Waals surface area contributed by atoms with Crippen LogP contribution < -0.4 is 4.90 Å². The molecule has 0 radical (unpaired) electrons. The van der Waals surface area contributed by atoms with E-state index in [2.05, 4.69) is 65.0 Å². The first-order valence-electron chi connectivity index (χ1n) is 11.0. The largest absolute Gasteiger partial charge is 0.454 e. The van der Waals surface area contributed by atoms with Gasteiger partial charge in [0.15, 0.2) is 5.58 Å². The third-order valence-electron chi connectivity index (χ3n) is 5.65. The Morgan fingerprint density at radius 1 is 0.879 bits per heavy atom. The van der Waals surface area contributed by atoms with Crippen molar-refractivity contribution in [1.29, 1.82) is 0 Å². The topological polar surface area (TPSA) is 29.3 Å². The molecule has 5 aromatic rings. The summed E-state index contributed by atoms with van der Waals surface area (Å²) in [5.41, 5.74) is 6.76. The van der Waals surface area contributed by atoms with Gasteiger partial charge in [0, 0.05) is 28.4 Å². The van der Waals surface area contributed by atoms with Crippen LogP contribution in [0.25, 0.3) is 33.1 Å². The number of nitrogens with zero attached hydrogens (tertiary/aromatic N) is 2. The van der Waals surface area contributed by atoms with Crippen LogP contribution in [0.15, 0.2) is 132 Å². The zero-order valence-corrected chi connectivity index (χ0v) is 18.5. The molecule has 0 fully saturated rings. The van der Waals surface area contributed by atoms with Crippen molar-refractivity contribution in [2.24, 2.45) is 0 Å². The Labute approximate surface area is 193 Å². The quantitative estimate of drug-likeness (QED) is 0.254. The molecular formula is C30H24N2O. The number of allylic oxidation sites excluding steroid dienone is 4. The zero-order valence-electron chi connectivity index (χ0n) is 18.5. The monoisotopic (exact) mass is 428 g/mol. The molecule has 3 heteroatoms. The normalized spacial score (nSPS) is 12.0. The highest BCUT2D eigenvalue weighted by molar-refractivity contribution is 6.10. The molecule has 2 aromatic heterocycles. The van der Waals surface area contributed by atoms with E-state index in [1.165, 1.54) is 5.56 Å². The summed E-state index contributed by atoms with van der Waals surface area (Å²) < 4.78 is 6.41. The van der Waals surface area contributed by atoms with Gasteiger partial charge in [-0.1, -0.05) is 73.3 Å². The molecule has 0 aliphatic rings. The maximum atomic E-state index is 6.41. The van der Waals surface area contributed by atoms with Crippen molar-refractivity contribution in [2.75, 3.05) is 4.90 Å². The zero-order chi connectivity index (χ0) is 22.6. The van der Waals surface area contributed by atoms with Gasteiger partial charge in [-0.05, 0) is 54.5 Å². The van der Waals surface area contributed by atoms with Crippen molar-refractivity contribution in [1.82, 2.24) is 4.98 Å². The highest BCUT2D eigenvalue weighted by Gasteiger charge is 2.20. The number of anilines is 2. The SMILES string of the molecule is C=C/C(=C\C=C/C)N(c1ccccc1)c1cncc2c1oc1ccc(-c3ccccc3)cc12. The summed E-state index contributed by atoms with van der Waals surface area (Å²) in [5, 5.41) is 2.03. The van der Waals surface area contributed by atoms with E-state index < -0.39 is 0 Å². The first kappa shape index (κ1) is 20.5. The molecule has 5 rings (SSSR count). The lowest BCUT2D eigenvalue weighted by Crippen LogP contribution is -2.15. The highest BCUT2D eigenvalue weighted by atomic mass is 16.3. The molecule has 0 saturated heterocycles. The van der Waals surface area contributed by atoms with Gasteiger partial charge < -0.3 is 9.32 Å². The van der Waals surface area contributed by atoms with Crippen molar-refractivity contribution in [2.45, 2.75) is 6.92 Å². The van der Waals surface area contributed by atoms with Gasteiger partial charge in [0.2, 0.25) is 0 Å². The molecule has 0 atom stereocenters. The Balaban J connectivity index is 1.74. The van der Waals surface area contributed by atoms with Crippen molar-refractivity contribution in [3.63, 3.8) is 0 Å². The number of hydrogen-bond donors (Lipinski definition) is 0. The molecule has 0 aliphatic heterocycles. The molecule has 2 heterocycles. The molecule has 0 N–H and O–H groups in total. The molecule has 160 valence electrons. The first-order chi connectivity index (χ1) is 16.3. The van der Waals surface area contributed by atoms with Crippen LogP contribution in [0, 0.1) is 0 Å². The number of rotatable bonds is 6. The lowest BCUT2D eigenvalue weighted by molar-refractivity contribution is 0.668. The Hall–Kier alpha value is -4.37. The van der Waals surface area contributed by atoms with E-state index >= 15 is 0 Å². The fourth-order valence-electron chi connectivity index (χ4n) is 4.08. The van der Waals surface area contributed by atoms with E-state index in [0.717, 1.165) is 44.6 Å². The van der Waals surface area contributed by atoms with Crippen LogP contribution in [0.3, 0.4) is 0 Å². The molecule has 0 saturated carbocycles. The summed E-state index contributed by atoms with van der Waals surface area (Å²) in [6.07, 6.45) is 11.6. The minimum atomic E-state index is 0.794. The van der Waals surface area contributed by atoms with Crippen molar-refractivity contribution >= 4 is 33.3 Å². The molecule has 0 bridgehead atoms. The van der Waals surface area contributed by atoms with E-state index in [-0.39, 0.29) is 0 Å². The maximum Gasteiger partial charge on any atom is 0.162 e. The minimum Gasteiger partial charge on any atom is -0.454 e. The van der Waals surface area contributed by atoms with Gasteiger partial charge in [-0.25, -0.2) is 0 Å². The van der Waals surface area contributed by atoms with Crippen LogP contribution >= 0.6 is 0 Å². The van der Waals surface area contributed by atoms with E-state index in [1.807, 2.05) is 74.0 Å². The Morgan fingerprint density at radius 2 is 1.64 bits per heavy atom. The molecule has 0 aliphatic carbocycles. The average molecular weight is 429 g/mol. The summed E-state index contributed by atoms with van der Waals surface area (Å²) in [7, 11) is 0. The third-order valence-corrected chi connectivity index (χ3v) is 5.65. The van der Waals surface area contributed by atoms with E-state index in [4.69, 9.17) is 4.42 Å². The van der Waals surface area contributed by atoms with Crippen LogP contribution in [-0.2, 0) is 0 Å².